The van der Waals surface area contributed by atoms with Gasteiger partial charge in [-0.2, -0.15) is 0 Å². The molecule has 19 heavy (non-hydrogen) atoms. The average molecular weight is 263 g/mol. The lowest BCUT2D eigenvalue weighted by atomic mass is 10.1. The number of carbonyl (C=O) groups is 1. The molecule has 0 fully saturated rings. The number of hydrogen-bond acceptors (Lipinski definition) is 2. The van der Waals surface area contributed by atoms with E-state index >= 15 is 0 Å². The van der Waals surface area contributed by atoms with Crippen LogP contribution in [0.25, 0.3) is 0 Å². The molecule has 106 valence electrons. The van der Waals surface area contributed by atoms with Crippen LogP contribution in [0.3, 0.4) is 0 Å². The number of hydrogen-bond donors (Lipinski definition) is 1. The van der Waals surface area contributed by atoms with Gasteiger partial charge in [-0.3, -0.25) is 4.79 Å². The molecule has 0 heterocycles. The molecule has 1 amide bonds. The van der Waals surface area contributed by atoms with Gasteiger partial charge in [0.1, 0.15) is 5.75 Å². The van der Waals surface area contributed by atoms with Crippen molar-refractivity contribution in [3.8, 4) is 5.75 Å². The van der Waals surface area contributed by atoms with Crippen LogP contribution >= 0.6 is 0 Å². The van der Waals surface area contributed by atoms with Crippen LogP contribution in [-0.2, 0) is 0 Å². The summed E-state index contributed by atoms with van der Waals surface area (Å²) in [5, 5.41) is 9.53. The number of benzene rings is 1. The second-order valence-corrected chi connectivity index (χ2v) is 6.00. The quantitative estimate of drug-likeness (QED) is 0.884. The second kappa shape index (κ2) is 6.60. The molecule has 0 spiro atoms. The topological polar surface area (TPSA) is 40.5 Å². The fourth-order valence-electron chi connectivity index (χ4n) is 2.09. The number of aryl methyl sites for hydroxylation is 1. The highest BCUT2D eigenvalue weighted by molar-refractivity contribution is 5.94. The van der Waals surface area contributed by atoms with E-state index in [0.717, 1.165) is 18.7 Å². The first-order valence-corrected chi connectivity index (χ1v) is 6.90. The Balaban J connectivity index is 2.94. The molecule has 1 aromatic carbocycles. The molecule has 0 unspecified atom stereocenters. The third kappa shape index (κ3) is 4.58. The third-order valence-corrected chi connectivity index (χ3v) is 2.90. The van der Waals surface area contributed by atoms with Gasteiger partial charge in [0.05, 0.1) is 0 Å². The van der Waals surface area contributed by atoms with Crippen molar-refractivity contribution in [2.75, 3.05) is 13.1 Å². The zero-order valence-corrected chi connectivity index (χ0v) is 12.6. The molecular formula is C16H25NO2. The first-order chi connectivity index (χ1) is 8.81. The average Bonchev–Trinajstić information content (AvgIpc) is 2.29. The number of phenols is 1. The van der Waals surface area contributed by atoms with Crippen molar-refractivity contribution in [2.45, 2.75) is 34.6 Å². The van der Waals surface area contributed by atoms with Crippen LogP contribution in [0.4, 0.5) is 0 Å². The van der Waals surface area contributed by atoms with Crippen molar-refractivity contribution in [2.24, 2.45) is 11.8 Å². The smallest absolute Gasteiger partial charge is 0.253 e. The van der Waals surface area contributed by atoms with E-state index < -0.39 is 0 Å². The summed E-state index contributed by atoms with van der Waals surface area (Å²) in [7, 11) is 0. The van der Waals surface area contributed by atoms with Gasteiger partial charge in [0, 0.05) is 18.7 Å². The first kappa shape index (κ1) is 15.5. The van der Waals surface area contributed by atoms with E-state index in [2.05, 4.69) is 27.7 Å². The van der Waals surface area contributed by atoms with Crippen molar-refractivity contribution in [1.82, 2.24) is 4.90 Å². The summed E-state index contributed by atoms with van der Waals surface area (Å²) in [6.07, 6.45) is 0. The van der Waals surface area contributed by atoms with Crippen LogP contribution in [0, 0.1) is 18.8 Å². The minimum absolute atomic E-state index is 0.0468. The Morgan fingerprint density at radius 1 is 1.16 bits per heavy atom. The largest absolute Gasteiger partial charge is 0.508 e. The van der Waals surface area contributed by atoms with Crippen molar-refractivity contribution >= 4 is 5.91 Å². The summed E-state index contributed by atoms with van der Waals surface area (Å²) in [4.78, 5) is 14.4. The molecule has 0 aliphatic rings. The highest BCUT2D eigenvalue weighted by Gasteiger charge is 2.18. The van der Waals surface area contributed by atoms with E-state index in [1.165, 1.54) is 0 Å². The summed E-state index contributed by atoms with van der Waals surface area (Å²) in [5.74, 6) is 1.17. The fourth-order valence-corrected chi connectivity index (χ4v) is 2.09. The number of carbonyl (C=O) groups excluding carboxylic acids is 1. The van der Waals surface area contributed by atoms with Gasteiger partial charge < -0.3 is 10.0 Å². The maximum absolute atomic E-state index is 12.5. The van der Waals surface area contributed by atoms with Gasteiger partial charge in [-0.1, -0.05) is 27.7 Å². The summed E-state index contributed by atoms with van der Waals surface area (Å²) >= 11 is 0. The van der Waals surface area contributed by atoms with Gasteiger partial charge in [-0.05, 0) is 42.5 Å². The van der Waals surface area contributed by atoms with Crippen LogP contribution in [0.2, 0.25) is 0 Å². The first-order valence-electron chi connectivity index (χ1n) is 6.90. The molecule has 0 saturated carbocycles. The van der Waals surface area contributed by atoms with E-state index in [1.54, 1.807) is 25.1 Å². The monoisotopic (exact) mass is 263 g/mol. The summed E-state index contributed by atoms with van der Waals surface area (Å²) in [5.41, 5.74) is 1.39. The van der Waals surface area contributed by atoms with Crippen molar-refractivity contribution in [1.29, 1.82) is 0 Å². The number of phenolic OH excluding ortho intramolecular Hbond substituents is 1. The standard InChI is InChI=1S/C16H25NO2/c1-11(2)9-17(10-12(3)4)16(19)14-6-7-15(18)13(5)8-14/h6-8,11-12,18H,9-10H2,1-5H3. The Hall–Kier alpha value is -1.51. The van der Waals surface area contributed by atoms with Gasteiger partial charge in [0.2, 0.25) is 0 Å². The molecule has 0 aromatic heterocycles. The van der Waals surface area contributed by atoms with Gasteiger partial charge in [0.25, 0.3) is 5.91 Å². The van der Waals surface area contributed by atoms with E-state index in [1.807, 2.05) is 4.90 Å². The van der Waals surface area contributed by atoms with E-state index in [9.17, 15) is 9.90 Å². The van der Waals surface area contributed by atoms with Crippen LogP contribution in [-0.4, -0.2) is 29.0 Å². The number of amides is 1. The van der Waals surface area contributed by atoms with E-state index in [-0.39, 0.29) is 11.7 Å². The SMILES string of the molecule is Cc1cc(C(=O)N(CC(C)C)CC(C)C)ccc1O. The lowest BCUT2D eigenvalue weighted by molar-refractivity contribution is 0.0715. The molecule has 0 bridgehead atoms. The van der Waals surface area contributed by atoms with Crippen LogP contribution in [0.5, 0.6) is 5.75 Å². The molecule has 1 N–H and O–H groups in total. The minimum atomic E-state index is 0.0468. The maximum Gasteiger partial charge on any atom is 0.253 e. The molecular weight excluding hydrogens is 238 g/mol. The Kier molecular flexibility index (Phi) is 5.40. The number of nitrogens with zero attached hydrogens (tertiary/aromatic N) is 1. The minimum Gasteiger partial charge on any atom is -0.508 e. The fraction of sp³-hybridized carbons (Fsp3) is 0.562. The number of aromatic hydroxyl groups is 1. The summed E-state index contributed by atoms with van der Waals surface area (Å²) < 4.78 is 0. The Morgan fingerprint density at radius 3 is 2.11 bits per heavy atom. The van der Waals surface area contributed by atoms with Gasteiger partial charge >= 0.3 is 0 Å². The van der Waals surface area contributed by atoms with Crippen molar-refractivity contribution < 1.29 is 9.90 Å². The third-order valence-electron chi connectivity index (χ3n) is 2.90. The molecule has 0 radical (unpaired) electrons. The highest BCUT2D eigenvalue weighted by atomic mass is 16.3. The molecule has 0 aliphatic carbocycles. The Morgan fingerprint density at radius 2 is 1.68 bits per heavy atom. The van der Waals surface area contributed by atoms with Crippen LogP contribution < -0.4 is 0 Å². The summed E-state index contributed by atoms with van der Waals surface area (Å²) in [6, 6.07) is 5.04. The lowest BCUT2D eigenvalue weighted by Crippen LogP contribution is -2.37. The second-order valence-electron chi connectivity index (χ2n) is 6.00. The Bertz CT molecular complexity index is 428. The predicted molar refractivity (Wildman–Crippen MR) is 78.4 cm³/mol. The normalized spacial score (nSPS) is 11.1. The zero-order valence-electron chi connectivity index (χ0n) is 12.6. The van der Waals surface area contributed by atoms with E-state index in [4.69, 9.17) is 0 Å². The molecule has 3 nitrogen and oxygen atoms in total. The van der Waals surface area contributed by atoms with Crippen molar-refractivity contribution in [3.05, 3.63) is 29.3 Å². The van der Waals surface area contributed by atoms with Crippen LogP contribution in [0.1, 0.15) is 43.6 Å². The summed E-state index contributed by atoms with van der Waals surface area (Å²) in [6.45, 7) is 11.8. The molecule has 0 aliphatic heterocycles. The lowest BCUT2D eigenvalue weighted by Gasteiger charge is -2.26. The highest BCUT2D eigenvalue weighted by Crippen LogP contribution is 2.19. The molecule has 0 saturated heterocycles. The molecule has 1 aromatic rings. The van der Waals surface area contributed by atoms with Gasteiger partial charge in [-0.25, -0.2) is 0 Å². The molecule has 1 rings (SSSR count). The zero-order chi connectivity index (χ0) is 14.6. The molecule has 3 heteroatoms. The van der Waals surface area contributed by atoms with E-state index in [0.29, 0.717) is 17.4 Å². The Labute approximate surface area is 116 Å². The van der Waals surface area contributed by atoms with Crippen molar-refractivity contribution in [3.63, 3.8) is 0 Å². The van der Waals surface area contributed by atoms with Crippen LogP contribution in [0.15, 0.2) is 18.2 Å². The maximum atomic E-state index is 12.5. The van der Waals surface area contributed by atoms with Gasteiger partial charge in [0.15, 0.2) is 0 Å². The van der Waals surface area contributed by atoms with Gasteiger partial charge in [-0.15, -0.1) is 0 Å². The number of rotatable bonds is 5. The predicted octanol–water partition coefficient (Wildman–Crippen LogP) is 3.45. The molecule has 0 atom stereocenters.